The fourth-order valence-corrected chi connectivity index (χ4v) is 0.253. The first-order chi connectivity index (χ1) is 4.04. The number of hydrogen-bond donors (Lipinski definition) is 3. The summed E-state index contributed by atoms with van der Waals surface area (Å²) in [5.41, 5.74) is 0. The fourth-order valence-electron chi connectivity index (χ4n) is 0.253. The van der Waals surface area contributed by atoms with Crippen LogP contribution < -0.4 is 0 Å². The third-order valence-electron chi connectivity index (χ3n) is 0.653. The molecule has 0 heterocycles. The number of carboxylic acid groups (broad SMARTS) is 2. The summed E-state index contributed by atoms with van der Waals surface area (Å²) >= 11 is 0. The number of carbonyl (C=O) groups is 2. The molecule has 0 aliphatic carbocycles. The van der Waals surface area contributed by atoms with Gasteiger partial charge in [0.15, 0.2) is 6.10 Å². The van der Waals surface area contributed by atoms with Crippen molar-refractivity contribution in [2.75, 3.05) is 0 Å². The van der Waals surface area contributed by atoms with Gasteiger partial charge in [0.1, 0.15) is 0 Å². The molecule has 11 heteroatoms. The van der Waals surface area contributed by atoms with E-state index in [1.807, 2.05) is 0 Å². The lowest BCUT2D eigenvalue weighted by Crippen LogP contribution is -2.22. The van der Waals surface area contributed by atoms with Crippen molar-refractivity contribution in [3.8, 4) is 0 Å². The Morgan fingerprint density at radius 3 is 1.20 bits per heavy atom. The van der Waals surface area contributed by atoms with Crippen molar-refractivity contribution in [1.82, 2.24) is 0 Å². The zero-order valence-electron chi connectivity index (χ0n) is 7.44. The van der Waals surface area contributed by atoms with Crippen LogP contribution in [0.2, 0.25) is 0 Å². The van der Waals surface area contributed by atoms with Crippen LogP contribution in [0.3, 0.4) is 0 Å². The average Bonchev–Trinajstić information content (AvgIpc) is 1.63. The molecule has 100 valence electrons. The monoisotopic (exact) mass is 242 g/mol. The second-order valence-corrected chi connectivity index (χ2v) is 1.45. The normalized spacial score (nSPS) is 7.53. The molecule has 11 nitrogen and oxygen atoms in total. The van der Waals surface area contributed by atoms with E-state index in [2.05, 4.69) is 0 Å². The predicted octanol–water partition coefficient (Wildman–Crippen LogP) is -6.04. The Bertz CT molecular complexity index is 133. The molecule has 0 aliphatic heterocycles. The van der Waals surface area contributed by atoms with Gasteiger partial charge in [-0.1, -0.05) is 0 Å². The van der Waals surface area contributed by atoms with E-state index in [1.54, 1.807) is 0 Å². The second kappa shape index (κ2) is 23.0. The lowest BCUT2D eigenvalue weighted by Gasteiger charge is -1.97. The number of carboxylic acids is 2. The topological polar surface area (TPSA) is 284 Å². The Kier molecular flexibility index (Phi) is 75.5. The molecule has 0 saturated carbocycles. The molecule has 0 rings (SSSR count). The molecule has 1 atom stereocenters. The lowest BCUT2D eigenvalue weighted by molar-refractivity contribution is -0.152. The fraction of sp³-hybridized carbons (Fsp3) is 0.500. The highest BCUT2D eigenvalue weighted by atomic mass is 16.4. The van der Waals surface area contributed by atoms with E-state index in [0.29, 0.717) is 0 Å². The number of aliphatic hydroxyl groups excluding tert-OH is 1. The Morgan fingerprint density at radius 2 is 1.13 bits per heavy atom. The van der Waals surface area contributed by atoms with Crippen LogP contribution in [0.25, 0.3) is 0 Å². The highest BCUT2D eigenvalue weighted by Crippen LogP contribution is 1.89. The van der Waals surface area contributed by atoms with Gasteiger partial charge in [-0.3, -0.25) is 4.79 Å². The SMILES string of the molecule is O.O.O.O.O.O.O=C(O)CC(O)C(=O)O. The van der Waals surface area contributed by atoms with Gasteiger partial charge in [0.25, 0.3) is 0 Å². The summed E-state index contributed by atoms with van der Waals surface area (Å²) in [5.74, 6) is -2.85. The van der Waals surface area contributed by atoms with Crippen molar-refractivity contribution in [3.05, 3.63) is 0 Å². The maximum Gasteiger partial charge on any atom is 0.333 e. The largest absolute Gasteiger partial charge is 0.481 e. The molecular formula is C4H18O11. The molecule has 0 fully saturated rings. The zero-order valence-corrected chi connectivity index (χ0v) is 7.44. The van der Waals surface area contributed by atoms with Gasteiger partial charge in [-0.15, -0.1) is 0 Å². The van der Waals surface area contributed by atoms with Crippen molar-refractivity contribution in [2.45, 2.75) is 12.5 Å². The van der Waals surface area contributed by atoms with Gasteiger partial charge in [-0.05, 0) is 0 Å². The molecule has 15 heavy (non-hydrogen) atoms. The Hall–Kier alpha value is -1.34. The summed E-state index contributed by atoms with van der Waals surface area (Å²) < 4.78 is 0. The molecule has 0 amide bonds. The molecular weight excluding hydrogens is 224 g/mol. The standard InChI is InChI=1S/C4H6O5.6H2O/c5-2(4(8)9)1-3(6)7;;;;;;/h2,5H,1H2,(H,6,7)(H,8,9);6*1H2. The van der Waals surface area contributed by atoms with E-state index in [9.17, 15) is 9.59 Å². The van der Waals surface area contributed by atoms with E-state index in [1.165, 1.54) is 0 Å². The van der Waals surface area contributed by atoms with Gasteiger partial charge < -0.3 is 48.2 Å². The van der Waals surface area contributed by atoms with Crippen LogP contribution in [0.15, 0.2) is 0 Å². The molecule has 0 radical (unpaired) electrons. The Labute approximate surface area is 83.4 Å². The Morgan fingerprint density at radius 1 is 0.867 bits per heavy atom. The van der Waals surface area contributed by atoms with Crippen molar-refractivity contribution in [3.63, 3.8) is 0 Å². The molecule has 0 aliphatic rings. The van der Waals surface area contributed by atoms with Crippen LogP contribution in [0.4, 0.5) is 0 Å². The molecule has 0 aromatic heterocycles. The molecule has 0 aromatic rings. The molecule has 15 N–H and O–H groups in total. The summed E-state index contributed by atoms with van der Waals surface area (Å²) in [6.07, 6.45) is -2.54. The number of hydrogen-bond acceptors (Lipinski definition) is 3. The van der Waals surface area contributed by atoms with E-state index in [4.69, 9.17) is 15.3 Å². The maximum atomic E-state index is 9.72. The summed E-state index contributed by atoms with van der Waals surface area (Å²) in [7, 11) is 0. The van der Waals surface area contributed by atoms with Crippen LogP contribution in [0, 0.1) is 0 Å². The van der Waals surface area contributed by atoms with Crippen LogP contribution in [0.5, 0.6) is 0 Å². The first-order valence-corrected chi connectivity index (χ1v) is 2.16. The van der Waals surface area contributed by atoms with E-state index in [-0.39, 0.29) is 32.9 Å². The van der Waals surface area contributed by atoms with Crippen LogP contribution in [-0.4, -0.2) is 66.2 Å². The lowest BCUT2D eigenvalue weighted by atomic mass is 10.3. The summed E-state index contributed by atoms with van der Waals surface area (Å²) in [4.78, 5) is 19.4. The van der Waals surface area contributed by atoms with Crippen molar-refractivity contribution < 1.29 is 57.8 Å². The van der Waals surface area contributed by atoms with Gasteiger partial charge in [0.2, 0.25) is 0 Å². The highest BCUT2D eigenvalue weighted by Gasteiger charge is 2.16. The molecule has 0 saturated heterocycles. The first kappa shape index (κ1) is 49.4. The van der Waals surface area contributed by atoms with Gasteiger partial charge in [-0.2, -0.15) is 0 Å². The number of rotatable bonds is 3. The summed E-state index contributed by atoms with van der Waals surface area (Å²) in [6.45, 7) is 0. The second-order valence-electron chi connectivity index (χ2n) is 1.45. The van der Waals surface area contributed by atoms with Gasteiger partial charge in [-0.25, -0.2) is 4.79 Å². The van der Waals surface area contributed by atoms with Crippen molar-refractivity contribution >= 4 is 11.9 Å². The summed E-state index contributed by atoms with van der Waals surface area (Å²) in [6, 6.07) is 0. The molecule has 0 spiro atoms. The number of aliphatic hydroxyl groups is 1. The van der Waals surface area contributed by atoms with Gasteiger partial charge >= 0.3 is 11.9 Å². The van der Waals surface area contributed by atoms with E-state index < -0.39 is 24.5 Å². The molecule has 0 bridgehead atoms. The van der Waals surface area contributed by atoms with E-state index >= 15 is 0 Å². The predicted molar refractivity (Wildman–Crippen MR) is 47.6 cm³/mol. The third-order valence-corrected chi connectivity index (χ3v) is 0.653. The minimum absolute atomic E-state index is 0. The van der Waals surface area contributed by atoms with Gasteiger partial charge in [0.05, 0.1) is 6.42 Å². The average molecular weight is 242 g/mol. The first-order valence-electron chi connectivity index (χ1n) is 2.16. The molecule has 1 unspecified atom stereocenters. The summed E-state index contributed by atoms with van der Waals surface area (Å²) in [5, 5.41) is 24.1. The highest BCUT2D eigenvalue weighted by molar-refractivity contribution is 5.79. The quantitative estimate of drug-likeness (QED) is 0.433. The molecule has 0 aromatic carbocycles. The van der Waals surface area contributed by atoms with Crippen LogP contribution >= 0.6 is 0 Å². The van der Waals surface area contributed by atoms with Crippen LogP contribution in [-0.2, 0) is 9.59 Å². The van der Waals surface area contributed by atoms with Crippen molar-refractivity contribution in [1.29, 1.82) is 0 Å². The smallest absolute Gasteiger partial charge is 0.333 e. The number of aliphatic carboxylic acids is 2. The Balaban J connectivity index is -0.0000000213. The van der Waals surface area contributed by atoms with Crippen LogP contribution in [0.1, 0.15) is 6.42 Å². The minimum atomic E-state index is -1.79. The maximum absolute atomic E-state index is 9.72. The van der Waals surface area contributed by atoms with Crippen molar-refractivity contribution in [2.24, 2.45) is 0 Å². The minimum Gasteiger partial charge on any atom is -0.481 e. The third kappa shape index (κ3) is 32.4. The van der Waals surface area contributed by atoms with Gasteiger partial charge in [0, 0.05) is 0 Å². The zero-order chi connectivity index (χ0) is 7.44. The van der Waals surface area contributed by atoms with E-state index in [0.717, 1.165) is 0 Å².